The van der Waals surface area contributed by atoms with Crippen LogP contribution in [0.15, 0.2) is 23.2 Å². The third-order valence-corrected chi connectivity index (χ3v) is 3.42. The number of hydrogen-bond donors (Lipinski definition) is 2. The average Bonchev–Trinajstić information content (AvgIpc) is 2.62. The lowest BCUT2D eigenvalue weighted by Gasteiger charge is -2.15. The molecule has 1 rings (SSSR count). The Labute approximate surface area is 160 Å². The van der Waals surface area contributed by atoms with E-state index in [-0.39, 0.29) is 5.75 Å². The fourth-order valence-electron chi connectivity index (χ4n) is 2.23. The van der Waals surface area contributed by atoms with Crippen molar-refractivity contribution in [3.8, 4) is 11.5 Å². The average molecular weight is 387 g/mol. The maximum Gasteiger partial charge on any atom is 0.387 e. The van der Waals surface area contributed by atoms with Crippen molar-refractivity contribution in [2.45, 2.75) is 40.3 Å². The van der Waals surface area contributed by atoms with Crippen molar-refractivity contribution in [3.05, 3.63) is 23.8 Å². The van der Waals surface area contributed by atoms with Crippen LogP contribution in [0.1, 0.15) is 32.8 Å². The quantitative estimate of drug-likeness (QED) is 0.327. The molecule has 0 saturated carbocycles. The van der Waals surface area contributed by atoms with Crippen molar-refractivity contribution in [2.75, 3.05) is 33.4 Å². The maximum atomic E-state index is 12.5. The standard InChI is InChI=1S/C19H31F2N3O3/c1-5-26-17-11-15(7-8-16(17)27-18(20)21)12-24-19(22-4)23-9-6-10-25-13-14(2)3/h7-8,11,14,18H,5-6,9-10,12-13H2,1-4H3,(H2,22,23,24). The zero-order valence-electron chi connectivity index (χ0n) is 16.6. The second-order valence-electron chi connectivity index (χ2n) is 6.27. The van der Waals surface area contributed by atoms with Gasteiger partial charge in [0.25, 0.3) is 0 Å². The highest BCUT2D eigenvalue weighted by Gasteiger charge is 2.11. The van der Waals surface area contributed by atoms with E-state index in [4.69, 9.17) is 9.47 Å². The van der Waals surface area contributed by atoms with Gasteiger partial charge in [-0.25, -0.2) is 0 Å². The van der Waals surface area contributed by atoms with Gasteiger partial charge in [-0.2, -0.15) is 8.78 Å². The lowest BCUT2D eigenvalue weighted by molar-refractivity contribution is -0.0514. The van der Waals surface area contributed by atoms with Crippen molar-refractivity contribution >= 4 is 5.96 Å². The number of rotatable bonds is 12. The summed E-state index contributed by atoms with van der Waals surface area (Å²) < 4.78 is 40.3. The third kappa shape index (κ3) is 9.98. The molecule has 0 bridgehead atoms. The van der Waals surface area contributed by atoms with E-state index in [9.17, 15) is 8.78 Å². The molecule has 0 aromatic heterocycles. The molecular weight excluding hydrogens is 356 g/mol. The van der Waals surface area contributed by atoms with Crippen molar-refractivity contribution in [3.63, 3.8) is 0 Å². The second-order valence-corrected chi connectivity index (χ2v) is 6.27. The summed E-state index contributed by atoms with van der Waals surface area (Å²) in [5.74, 6) is 1.51. The molecule has 0 spiro atoms. The molecule has 0 aliphatic rings. The summed E-state index contributed by atoms with van der Waals surface area (Å²) >= 11 is 0. The topological polar surface area (TPSA) is 64.1 Å². The minimum atomic E-state index is -2.89. The van der Waals surface area contributed by atoms with E-state index >= 15 is 0 Å². The number of aliphatic imine (C=N–C) groups is 1. The van der Waals surface area contributed by atoms with Gasteiger partial charge in [0.05, 0.1) is 6.61 Å². The van der Waals surface area contributed by atoms with Crippen LogP contribution in [0.25, 0.3) is 0 Å². The van der Waals surface area contributed by atoms with Gasteiger partial charge in [0.15, 0.2) is 17.5 Å². The van der Waals surface area contributed by atoms with Gasteiger partial charge in [-0.15, -0.1) is 0 Å². The molecule has 27 heavy (non-hydrogen) atoms. The molecule has 0 atom stereocenters. The predicted molar refractivity (Wildman–Crippen MR) is 103 cm³/mol. The normalized spacial score (nSPS) is 11.8. The smallest absolute Gasteiger partial charge is 0.387 e. The Bertz CT molecular complexity index is 569. The Balaban J connectivity index is 2.46. The first kappa shape index (κ1) is 23.0. The fourth-order valence-corrected chi connectivity index (χ4v) is 2.23. The number of benzene rings is 1. The summed E-state index contributed by atoms with van der Waals surface area (Å²) in [7, 11) is 1.69. The Kier molecular flexibility index (Phi) is 11.2. The van der Waals surface area contributed by atoms with Crippen molar-refractivity contribution in [2.24, 2.45) is 10.9 Å². The van der Waals surface area contributed by atoms with Crippen LogP contribution in [-0.4, -0.2) is 46.0 Å². The molecule has 0 aliphatic carbocycles. The molecule has 154 valence electrons. The lowest BCUT2D eigenvalue weighted by atomic mass is 10.2. The maximum absolute atomic E-state index is 12.5. The van der Waals surface area contributed by atoms with Gasteiger partial charge < -0.3 is 24.8 Å². The molecule has 0 fully saturated rings. The number of guanidine groups is 1. The van der Waals surface area contributed by atoms with E-state index in [1.54, 1.807) is 26.1 Å². The van der Waals surface area contributed by atoms with Gasteiger partial charge in [0, 0.05) is 33.4 Å². The van der Waals surface area contributed by atoms with E-state index in [1.807, 2.05) is 0 Å². The highest BCUT2D eigenvalue weighted by atomic mass is 19.3. The van der Waals surface area contributed by atoms with Crippen LogP contribution >= 0.6 is 0 Å². The number of alkyl halides is 2. The Morgan fingerprint density at radius 2 is 1.96 bits per heavy atom. The van der Waals surface area contributed by atoms with Gasteiger partial charge in [-0.05, 0) is 37.0 Å². The zero-order valence-corrected chi connectivity index (χ0v) is 16.6. The summed E-state index contributed by atoms with van der Waals surface area (Å²) in [5, 5.41) is 6.39. The molecule has 0 radical (unpaired) electrons. The van der Waals surface area contributed by atoms with E-state index in [2.05, 4.69) is 34.2 Å². The first-order valence-electron chi connectivity index (χ1n) is 9.19. The summed E-state index contributed by atoms with van der Waals surface area (Å²) in [4.78, 5) is 4.16. The molecule has 1 aromatic rings. The summed E-state index contributed by atoms with van der Waals surface area (Å²) in [6.45, 7) is 6.17. The monoisotopic (exact) mass is 387 g/mol. The first-order chi connectivity index (χ1) is 13.0. The molecule has 0 heterocycles. The molecule has 2 N–H and O–H groups in total. The van der Waals surface area contributed by atoms with E-state index in [0.717, 1.165) is 25.1 Å². The van der Waals surface area contributed by atoms with Crippen LogP contribution in [0.2, 0.25) is 0 Å². The molecule has 1 aromatic carbocycles. The Hall–Kier alpha value is -2.09. The molecule has 0 aliphatic heterocycles. The third-order valence-electron chi connectivity index (χ3n) is 3.42. The van der Waals surface area contributed by atoms with Gasteiger partial charge in [-0.1, -0.05) is 19.9 Å². The minimum absolute atomic E-state index is 0.0273. The van der Waals surface area contributed by atoms with Crippen molar-refractivity contribution < 1.29 is 23.0 Å². The Morgan fingerprint density at radius 3 is 2.59 bits per heavy atom. The molecule has 0 saturated heterocycles. The number of hydrogen-bond acceptors (Lipinski definition) is 4. The van der Waals surface area contributed by atoms with E-state index in [0.29, 0.717) is 37.4 Å². The predicted octanol–water partition coefficient (Wildman–Crippen LogP) is 3.41. The van der Waals surface area contributed by atoms with Crippen LogP contribution in [0.4, 0.5) is 8.78 Å². The van der Waals surface area contributed by atoms with Crippen LogP contribution < -0.4 is 20.1 Å². The molecule has 0 amide bonds. The number of halogens is 2. The number of nitrogens with one attached hydrogen (secondary N) is 2. The minimum Gasteiger partial charge on any atom is -0.490 e. The van der Waals surface area contributed by atoms with Gasteiger partial charge in [0.1, 0.15) is 0 Å². The number of nitrogens with zero attached hydrogens (tertiary/aromatic N) is 1. The molecular formula is C19H31F2N3O3. The summed E-state index contributed by atoms with van der Waals surface area (Å²) in [6.07, 6.45) is 0.877. The highest BCUT2D eigenvalue weighted by molar-refractivity contribution is 5.79. The highest BCUT2D eigenvalue weighted by Crippen LogP contribution is 2.29. The first-order valence-corrected chi connectivity index (χ1v) is 9.19. The molecule has 8 heteroatoms. The van der Waals surface area contributed by atoms with Crippen LogP contribution in [0.5, 0.6) is 11.5 Å². The van der Waals surface area contributed by atoms with Gasteiger partial charge >= 0.3 is 6.61 Å². The van der Waals surface area contributed by atoms with Crippen LogP contribution in [-0.2, 0) is 11.3 Å². The van der Waals surface area contributed by atoms with Crippen LogP contribution in [0, 0.1) is 5.92 Å². The van der Waals surface area contributed by atoms with E-state index < -0.39 is 6.61 Å². The van der Waals surface area contributed by atoms with Gasteiger partial charge in [-0.3, -0.25) is 4.99 Å². The number of ether oxygens (including phenoxy) is 3. The summed E-state index contributed by atoms with van der Waals surface area (Å²) in [6, 6.07) is 4.87. The van der Waals surface area contributed by atoms with E-state index in [1.165, 1.54) is 6.07 Å². The second kappa shape index (κ2) is 13.1. The van der Waals surface area contributed by atoms with Crippen molar-refractivity contribution in [1.82, 2.24) is 10.6 Å². The SMILES string of the molecule is CCOc1cc(CNC(=NC)NCCCOCC(C)C)ccc1OC(F)F. The molecule has 0 unspecified atom stereocenters. The fraction of sp³-hybridized carbons (Fsp3) is 0.632. The lowest BCUT2D eigenvalue weighted by Crippen LogP contribution is -2.37. The zero-order chi connectivity index (χ0) is 20.1. The van der Waals surface area contributed by atoms with Crippen molar-refractivity contribution in [1.29, 1.82) is 0 Å². The largest absolute Gasteiger partial charge is 0.490 e. The summed E-state index contributed by atoms with van der Waals surface area (Å²) in [5.41, 5.74) is 0.864. The van der Waals surface area contributed by atoms with Gasteiger partial charge in [0.2, 0.25) is 0 Å². The Morgan fingerprint density at radius 1 is 1.19 bits per heavy atom. The van der Waals surface area contributed by atoms with Crippen LogP contribution in [0.3, 0.4) is 0 Å². The molecule has 6 nitrogen and oxygen atoms in total.